The van der Waals surface area contributed by atoms with Gasteiger partial charge in [-0.25, -0.2) is 4.79 Å². The maximum Gasteiger partial charge on any atom is 0.348 e. The number of nitrogens with zero attached hydrogens (tertiary/aromatic N) is 1. The number of carbonyl (C=O) groups excluding carboxylic acids is 1. The Balaban J connectivity index is 1.98. The quantitative estimate of drug-likeness (QED) is 0.810. The Labute approximate surface area is 163 Å². The molecule has 0 saturated carbocycles. The minimum absolute atomic E-state index is 0.156. The minimum Gasteiger partial charge on any atom is -0.477 e. The third kappa shape index (κ3) is 4.22. The zero-order valence-corrected chi connectivity index (χ0v) is 16.7. The van der Waals surface area contributed by atoms with Gasteiger partial charge in [-0.3, -0.25) is 4.79 Å². The van der Waals surface area contributed by atoms with Crippen molar-refractivity contribution in [1.29, 1.82) is 0 Å². The molecule has 0 unspecified atom stereocenters. The van der Waals surface area contributed by atoms with Crippen molar-refractivity contribution in [2.45, 2.75) is 45.8 Å². The second kappa shape index (κ2) is 8.23. The monoisotopic (exact) mass is 387 g/mol. The molecule has 2 heterocycles. The van der Waals surface area contributed by atoms with Gasteiger partial charge in [0.1, 0.15) is 11.0 Å². The zero-order valence-electron chi connectivity index (χ0n) is 15.8. The van der Waals surface area contributed by atoms with Gasteiger partial charge in [-0.15, -0.1) is 11.3 Å². The largest absolute Gasteiger partial charge is 0.477 e. The van der Waals surface area contributed by atoms with Crippen molar-refractivity contribution in [3.8, 4) is 10.4 Å². The molecular weight excluding hydrogens is 362 g/mol. The highest BCUT2D eigenvalue weighted by Crippen LogP contribution is 2.38. The van der Waals surface area contributed by atoms with E-state index in [1.807, 2.05) is 50.2 Å². The molecule has 0 radical (unpaired) electrons. The lowest BCUT2D eigenvalue weighted by Gasteiger charge is -2.33. The van der Waals surface area contributed by atoms with Crippen LogP contribution in [0.2, 0.25) is 0 Å². The van der Waals surface area contributed by atoms with Crippen LogP contribution in [0.3, 0.4) is 0 Å². The van der Waals surface area contributed by atoms with Crippen LogP contribution in [-0.2, 0) is 9.53 Å². The van der Waals surface area contributed by atoms with Crippen molar-refractivity contribution in [1.82, 2.24) is 0 Å². The fraction of sp³-hybridized carbons (Fsp3) is 0.429. The van der Waals surface area contributed by atoms with E-state index in [0.29, 0.717) is 24.6 Å². The van der Waals surface area contributed by atoms with Crippen molar-refractivity contribution >= 4 is 28.9 Å². The summed E-state index contributed by atoms with van der Waals surface area (Å²) in [6.07, 6.45) is 1.10. The number of hydrogen-bond acceptors (Lipinski definition) is 4. The van der Waals surface area contributed by atoms with Gasteiger partial charge in [0.05, 0.1) is 12.3 Å². The zero-order chi connectivity index (χ0) is 19.6. The predicted octanol–water partition coefficient (Wildman–Crippen LogP) is 4.67. The summed E-state index contributed by atoms with van der Waals surface area (Å²) in [7, 11) is 0. The maximum atomic E-state index is 13.2. The smallest absolute Gasteiger partial charge is 0.348 e. The number of amides is 1. The van der Waals surface area contributed by atoms with Crippen LogP contribution in [0.1, 0.15) is 43.3 Å². The molecule has 1 aromatic heterocycles. The average Bonchev–Trinajstić information content (AvgIpc) is 3.08. The van der Waals surface area contributed by atoms with Gasteiger partial charge in [0.25, 0.3) is 5.91 Å². The van der Waals surface area contributed by atoms with E-state index in [1.54, 1.807) is 4.90 Å². The molecule has 1 saturated heterocycles. The summed E-state index contributed by atoms with van der Waals surface area (Å²) in [6, 6.07) is 11.3. The van der Waals surface area contributed by atoms with Crippen LogP contribution in [0.4, 0.5) is 5.69 Å². The van der Waals surface area contributed by atoms with Crippen LogP contribution in [-0.4, -0.2) is 35.7 Å². The highest BCUT2D eigenvalue weighted by molar-refractivity contribution is 7.18. The fourth-order valence-electron chi connectivity index (χ4n) is 3.34. The van der Waals surface area contributed by atoms with Crippen LogP contribution in [0, 0.1) is 5.92 Å². The van der Waals surface area contributed by atoms with Crippen LogP contribution < -0.4 is 4.90 Å². The number of carboxylic acids is 1. The molecule has 1 aliphatic rings. The summed E-state index contributed by atoms with van der Waals surface area (Å²) in [5, 5.41) is 9.72. The number of carbonyl (C=O) groups is 2. The van der Waals surface area contributed by atoms with E-state index in [1.165, 1.54) is 11.3 Å². The van der Waals surface area contributed by atoms with E-state index in [-0.39, 0.29) is 16.8 Å². The molecule has 144 valence electrons. The average molecular weight is 388 g/mol. The van der Waals surface area contributed by atoms with Crippen LogP contribution in [0.25, 0.3) is 10.4 Å². The maximum absolute atomic E-state index is 13.2. The first-order chi connectivity index (χ1) is 12.9. The molecule has 1 fully saturated rings. The van der Waals surface area contributed by atoms with Crippen LogP contribution >= 0.6 is 11.3 Å². The number of thiophene rings is 1. The van der Waals surface area contributed by atoms with E-state index >= 15 is 0 Å². The first kappa shape index (κ1) is 19.6. The van der Waals surface area contributed by atoms with Gasteiger partial charge in [0.2, 0.25) is 0 Å². The summed E-state index contributed by atoms with van der Waals surface area (Å²) < 4.78 is 5.76. The topological polar surface area (TPSA) is 66.8 Å². The lowest BCUT2D eigenvalue weighted by Crippen LogP contribution is -2.46. The van der Waals surface area contributed by atoms with E-state index in [9.17, 15) is 14.7 Å². The van der Waals surface area contributed by atoms with E-state index in [0.717, 1.165) is 16.9 Å². The van der Waals surface area contributed by atoms with Crippen molar-refractivity contribution in [2.75, 3.05) is 11.5 Å². The van der Waals surface area contributed by atoms with Gasteiger partial charge in [-0.2, -0.15) is 0 Å². The van der Waals surface area contributed by atoms with Gasteiger partial charge in [-0.05, 0) is 44.2 Å². The summed E-state index contributed by atoms with van der Waals surface area (Å²) >= 11 is 1.20. The number of ether oxygens (including phenoxy) is 1. The summed E-state index contributed by atoms with van der Waals surface area (Å²) in [6.45, 7) is 6.46. The van der Waals surface area contributed by atoms with Gasteiger partial charge in [0.15, 0.2) is 0 Å². The highest BCUT2D eigenvalue weighted by Gasteiger charge is 2.34. The lowest BCUT2D eigenvalue weighted by atomic mass is 9.99. The van der Waals surface area contributed by atoms with Gasteiger partial charge in [-0.1, -0.05) is 37.3 Å². The van der Waals surface area contributed by atoms with E-state index in [4.69, 9.17) is 4.74 Å². The van der Waals surface area contributed by atoms with E-state index < -0.39 is 12.1 Å². The molecule has 6 heteroatoms. The molecule has 1 aromatic carbocycles. The van der Waals surface area contributed by atoms with Gasteiger partial charge >= 0.3 is 5.97 Å². The molecule has 0 aliphatic carbocycles. The number of carboxylic acid groups (broad SMARTS) is 1. The molecular formula is C21H25NO4S. The molecule has 2 aromatic rings. The molecule has 5 nitrogen and oxygen atoms in total. The molecule has 3 rings (SSSR count). The lowest BCUT2D eigenvalue weighted by molar-refractivity contribution is -0.134. The fourth-order valence-corrected chi connectivity index (χ4v) is 4.34. The highest BCUT2D eigenvalue weighted by atomic mass is 32.1. The van der Waals surface area contributed by atoms with Gasteiger partial charge < -0.3 is 14.7 Å². The van der Waals surface area contributed by atoms with Crippen molar-refractivity contribution in [3.63, 3.8) is 0 Å². The van der Waals surface area contributed by atoms with Crippen LogP contribution in [0.15, 0.2) is 36.4 Å². The molecule has 1 aliphatic heterocycles. The summed E-state index contributed by atoms with van der Waals surface area (Å²) in [4.78, 5) is 27.7. The second-order valence-electron chi connectivity index (χ2n) is 7.30. The summed E-state index contributed by atoms with van der Waals surface area (Å²) in [5.74, 6) is -0.729. The SMILES string of the molecule is CC(C)N(C(=O)[C@H]1CC[C@H](C)CO1)c1cc(-c2ccccc2)sc1C(=O)O. The molecule has 0 bridgehead atoms. The van der Waals surface area contributed by atoms with Crippen LogP contribution in [0.5, 0.6) is 0 Å². The van der Waals surface area contributed by atoms with Crippen molar-refractivity contribution in [3.05, 3.63) is 41.3 Å². The number of aromatic carboxylic acids is 1. The molecule has 0 spiro atoms. The third-order valence-electron chi connectivity index (χ3n) is 4.76. The second-order valence-corrected chi connectivity index (χ2v) is 8.35. The first-order valence-corrected chi connectivity index (χ1v) is 10.1. The van der Waals surface area contributed by atoms with E-state index in [2.05, 4.69) is 6.92 Å². The first-order valence-electron chi connectivity index (χ1n) is 9.25. The molecule has 27 heavy (non-hydrogen) atoms. The Morgan fingerprint density at radius 3 is 2.48 bits per heavy atom. The Morgan fingerprint density at radius 2 is 1.93 bits per heavy atom. The number of benzene rings is 1. The number of rotatable bonds is 5. The third-order valence-corrected chi connectivity index (χ3v) is 5.92. The molecule has 1 amide bonds. The predicted molar refractivity (Wildman–Crippen MR) is 107 cm³/mol. The molecule has 1 N–H and O–H groups in total. The normalized spacial score (nSPS) is 19.9. The minimum atomic E-state index is -1.02. The Morgan fingerprint density at radius 1 is 1.22 bits per heavy atom. The van der Waals surface area contributed by atoms with Crippen molar-refractivity contribution < 1.29 is 19.4 Å². The van der Waals surface area contributed by atoms with Crippen molar-refractivity contribution in [2.24, 2.45) is 5.92 Å². The summed E-state index contributed by atoms with van der Waals surface area (Å²) in [5.41, 5.74) is 1.39. The molecule has 2 atom stereocenters. The Kier molecular flexibility index (Phi) is 5.97. The Hall–Kier alpha value is -2.18. The standard InChI is InChI=1S/C21H25NO4S/c1-13(2)22(20(23)17-10-9-14(3)12-26-17)16-11-18(27-19(16)21(24)25)15-7-5-4-6-8-15/h4-8,11,13-14,17H,9-10,12H2,1-3H3,(H,24,25)/t14-,17+/m0/s1. The number of anilines is 1. The van der Waals surface area contributed by atoms with Gasteiger partial charge in [0, 0.05) is 10.9 Å². The Bertz CT molecular complexity index is 807. The number of hydrogen-bond donors (Lipinski definition) is 1.